The standard InChI is InChI=1S/C11H16N2O/c1-7-5-8(2)10(11(12)13-3)9(6-7)14-4/h5-6H,1-4H3,(H2,12,13). The lowest BCUT2D eigenvalue weighted by Crippen LogP contribution is -2.16. The molecular weight excluding hydrogens is 176 g/mol. The Morgan fingerprint density at radius 3 is 2.50 bits per heavy atom. The first kappa shape index (κ1) is 10.6. The Bertz CT molecular complexity index is 370. The van der Waals surface area contributed by atoms with Crippen molar-refractivity contribution in [2.45, 2.75) is 13.8 Å². The van der Waals surface area contributed by atoms with E-state index in [1.54, 1.807) is 14.2 Å². The summed E-state index contributed by atoms with van der Waals surface area (Å²) in [6, 6.07) is 4.02. The van der Waals surface area contributed by atoms with Crippen molar-refractivity contribution < 1.29 is 4.74 Å². The van der Waals surface area contributed by atoms with Gasteiger partial charge in [-0.25, -0.2) is 0 Å². The van der Waals surface area contributed by atoms with Crippen LogP contribution in [0.2, 0.25) is 0 Å². The number of amidine groups is 1. The second-order valence-corrected chi connectivity index (χ2v) is 3.27. The van der Waals surface area contributed by atoms with E-state index in [1.807, 2.05) is 19.9 Å². The summed E-state index contributed by atoms with van der Waals surface area (Å²) >= 11 is 0. The minimum absolute atomic E-state index is 0.513. The largest absolute Gasteiger partial charge is 0.496 e. The highest BCUT2D eigenvalue weighted by molar-refractivity contribution is 6.01. The molecule has 14 heavy (non-hydrogen) atoms. The van der Waals surface area contributed by atoms with Gasteiger partial charge in [-0.15, -0.1) is 0 Å². The predicted molar refractivity (Wildman–Crippen MR) is 59.1 cm³/mol. The van der Waals surface area contributed by atoms with E-state index in [9.17, 15) is 0 Å². The maximum atomic E-state index is 5.79. The first-order valence-corrected chi connectivity index (χ1v) is 4.48. The molecule has 2 N–H and O–H groups in total. The molecule has 0 unspecified atom stereocenters. The zero-order valence-electron chi connectivity index (χ0n) is 9.09. The number of hydrogen-bond acceptors (Lipinski definition) is 2. The van der Waals surface area contributed by atoms with E-state index in [0.717, 1.165) is 22.4 Å². The van der Waals surface area contributed by atoms with Crippen LogP contribution >= 0.6 is 0 Å². The van der Waals surface area contributed by atoms with Gasteiger partial charge in [0.1, 0.15) is 11.6 Å². The molecule has 1 aromatic rings. The summed E-state index contributed by atoms with van der Waals surface area (Å²) in [4.78, 5) is 3.97. The summed E-state index contributed by atoms with van der Waals surface area (Å²) in [5.74, 6) is 1.30. The van der Waals surface area contributed by atoms with Crippen molar-refractivity contribution in [2.75, 3.05) is 14.2 Å². The molecule has 0 fully saturated rings. The summed E-state index contributed by atoms with van der Waals surface area (Å²) in [5, 5.41) is 0. The fourth-order valence-corrected chi connectivity index (χ4v) is 1.53. The van der Waals surface area contributed by atoms with Gasteiger partial charge < -0.3 is 10.5 Å². The first-order chi connectivity index (χ1) is 6.60. The molecule has 0 amide bonds. The Kier molecular flexibility index (Phi) is 3.12. The summed E-state index contributed by atoms with van der Waals surface area (Å²) in [6.45, 7) is 4.03. The van der Waals surface area contributed by atoms with Crippen LogP contribution in [0.5, 0.6) is 5.75 Å². The van der Waals surface area contributed by atoms with Gasteiger partial charge in [-0.2, -0.15) is 0 Å². The van der Waals surface area contributed by atoms with Gasteiger partial charge >= 0.3 is 0 Å². The van der Waals surface area contributed by atoms with Gasteiger partial charge in [0.2, 0.25) is 0 Å². The highest BCUT2D eigenvalue weighted by atomic mass is 16.5. The van der Waals surface area contributed by atoms with Gasteiger partial charge in [0.25, 0.3) is 0 Å². The van der Waals surface area contributed by atoms with Gasteiger partial charge in [0, 0.05) is 7.05 Å². The number of aliphatic imine (C=N–C) groups is 1. The molecule has 0 atom stereocenters. The molecule has 0 aliphatic heterocycles. The second-order valence-electron chi connectivity index (χ2n) is 3.27. The van der Waals surface area contributed by atoms with E-state index in [-0.39, 0.29) is 0 Å². The number of aryl methyl sites for hydroxylation is 2. The first-order valence-electron chi connectivity index (χ1n) is 4.48. The minimum atomic E-state index is 0.513. The average Bonchev–Trinajstić information content (AvgIpc) is 2.15. The average molecular weight is 192 g/mol. The Balaban J connectivity index is 3.40. The lowest BCUT2D eigenvalue weighted by atomic mass is 10.0. The summed E-state index contributed by atoms with van der Waals surface area (Å²) in [7, 11) is 3.31. The van der Waals surface area contributed by atoms with Crippen molar-refractivity contribution in [3.63, 3.8) is 0 Å². The third-order valence-corrected chi connectivity index (χ3v) is 2.16. The lowest BCUT2D eigenvalue weighted by molar-refractivity contribution is 0.413. The van der Waals surface area contributed by atoms with Crippen molar-refractivity contribution >= 4 is 5.84 Å². The van der Waals surface area contributed by atoms with Crippen molar-refractivity contribution in [2.24, 2.45) is 10.7 Å². The minimum Gasteiger partial charge on any atom is -0.496 e. The number of benzene rings is 1. The Morgan fingerprint density at radius 2 is 2.00 bits per heavy atom. The third kappa shape index (κ3) is 1.87. The summed E-state index contributed by atoms with van der Waals surface area (Å²) < 4.78 is 5.27. The van der Waals surface area contributed by atoms with Crippen molar-refractivity contribution in [1.29, 1.82) is 0 Å². The number of nitrogens with two attached hydrogens (primary N) is 1. The van der Waals surface area contributed by atoms with E-state index in [2.05, 4.69) is 11.1 Å². The van der Waals surface area contributed by atoms with Crippen LogP contribution in [0.3, 0.4) is 0 Å². The molecule has 1 rings (SSSR count). The molecule has 3 heteroatoms. The van der Waals surface area contributed by atoms with E-state index in [0.29, 0.717) is 5.84 Å². The molecule has 0 bridgehead atoms. The fraction of sp³-hybridized carbons (Fsp3) is 0.364. The van der Waals surface area contributed by atoms with Gasteiger partial charge in [0.05, 0.1) is 12.7 Å². The molecule has 3 nitrogen and oxygen atoms in total. The summed E-state index contributed by atoms with van der Waals surface area (Å²) in [5.41, 5.74) is 8.93. The Hall–Kier alpha value is -1.51. The molecule has 0 saturated heterocycles. The number of rotatable bonds is 2. The quantitative estimate of drug-likeness (QED) is 0.572. The zero-order valence-corrected chi connectivity index (χ0v) is 9.09. The Morgan fingerprint density at radius 1 is 1.36 bits per heavy atom. The molecule has 0 aromatic heterocycles. The van der Waals surface area contributed by atoms with E-state index in [1.165, 1.54) is 0 Å². The number of ether oxygens (including phenoxy) is 1. The van der Waals surface area contributed by atoms with Crippen molar-refractivity contribution in [3.8, 4) is 5.75 Å². The van der Waals surface area contributed by atoms with E-state index >= 15 is 0 Å². The van der Waals surface area contributed by atoms with Crippen LogP contribution < -0.4 is 10.5 Å². The smallest absolute Gasteiger partial charge is 0.130 e. The topological polar surface area (TPSA) is 47.6 Å². The highest BCUT2D eigenvalue weighted by Crippen LogP contribution is 2.23. The number of methoxy groups -OCH3 is 1. The van der Waals surface area contributed by atoms with Crippen LogP contribution in [0.15, 0.2) is 17.1 Å². The van der Waals surface area contributed by atoms with Gasteiger partial charge in [0.15, 0.2) is 0 Å². The van der Waals surface area contributed by atoms with Crippen LogP contribution in [0.4, 0.5) is 0 Å². The van der Waals surface area contributed by atoms with Crippen LogP contribution in [0.1, 0.15) is 16.7 Å². The predicted octanol–water partition coefficient (Wildman–Crippen LogP) is 1.65. The van der Waals surface area contributed by atoms with E-state index in [4.69, 9.17) is 10.5 Å². The van der Waals surface area contributed by atoms with E-state index < -0.39 is 0 Å². The lowest BCUT2D eigenvalue weighted by Gasteiger charge is -2.11. The third-order valence-electron chi connectivity index (χ3n) is 2.16. The van der Waals surface area contributed by atoms with Crippen LogP contribution in [-0.4, -0.2) is 20.0 Å². The van der Waals surface area contributed by atoms with Crippen LogP contribution in [0.25, 0.3) is 0 Å². The SMILES string of the molecule is CN=C(N)c1c(C)cc(C)cc1OC. The zero-order chi connectivity index (χ0) is 10.7. The highest BCUT2D eigenvalue weighted by Gasteiger charge is 2.10. The maximum Gasteiger partial charge on any atom is 0.130 e. The maximum absolute atomic E-state index is 5.79. The number of nitrogens with zero attached hydrogens (tertiary/aromatic N) is 1. The van der Waals surface area contributed by atoms with Crippen molar-refractivity contribution in [3.05, 3.63) is 28.8 Å². The van der Waals surface area contributed by atoms with Crippen molar-refractivity contribution in [1.82, 2.24) is 0 Å². The van der Waals surface area contributed by atoms with Crippen LogP contribution in [0, 0.1) is 13.8 Å². The molecule has 0 spiro atoms. The Labute approximate surface area is 84.6 Å². The molecule has 0 aliphatic carbocycles. The molecule has 0 radical (unpaired) electrons. The monoisotopic (exact) mass is 192 g/mol. The fourth-order valence-electron chi connectivity index (χ4n) is 1.53. The van der Waals surface area contributed by atoms with Gasteiger partial charge in [-0.05, 0) is 31.0 Å². The second kappa shape index (κ2) is 4.13. The molecule has 0 saturated carbocycles. The van der Waals surface area contributed by atoms with Gasteiger partial charge in [-0.3, -0.25) is 4.99 Å². The number of hydrogen-bond donors (Lipinski definition) is 1. The molecule has 0 aliphatic rings. The summed E-state index contributed by atoms with van der Waals surface area (Å²) in [6.07, 6.45) is 0. The van der Waals surface area contributed by atoms with Crippen LogP contribution in [-0.2, 0) is 0 Å². The molecular formula is C11H16N2O. The molecule has 1 aromatic carbocycles. The molecule has 76 valence electrons. The normalized spacial score (nSPS) is 11.6. The van der Waals surface area contributed by atoms with Gasteiger partial charge in [-0.1, -0.05) is 6.07 Å². The molecule has 0 heterocycles.